The summed E-state index contributed by atoms with van der Waals surface area (Å²) in [6.45, 7) is 3.31. The fourth-order valence-corrected chi connectivity index (χ4v) is 2.55. The quantitative estimate of drug-likeness (QED) is 0.389. The summed E-state index contributed by atoms with van der Waals surface area (Å²) in [6, 6.07) is -0.650. The van der Waals surface area contributed by atoms with E-state index in [0.717, 1.165) is 13.0 Å². The lowest BCUT2D eigenvalue weighted by Crippen LogP contribution is -2.41. The Kier molecular flexibility index (Phi) is 12.5. The van der Waals surface area contributed by atoms with Gasteiger partial charge in [0, 0.05) is 19.5 Å². The Labute approximate surface area is 142 Å². The topological polar surface area (TPSA) is 87.7 Å². The molecule has 0 unspecified atom stereocenters. The van der Waals surface area contributed by atoms with Crippen LogP contribution in [0, 0.1) is 0 Å². The molecule has 0 fully saturated rings. The zero-order valence-corrected chi connectivity index (χ0v) is 15.3. The molecule has 0 aliphatic heterocycles. The number of esters is 1. The van der Waals surface area contributed by atoms with Crippen molar-refractivity contribution in [3.8, 4) is 0 Å². The Morgan fingerprint density at radius 1 is 1.22 bits per heavy atom. The highest BCUT2D eigenvalue weighted by Crippen LogP contribution is 2.06. The minimum absolute atomic E-state index is 0.0264. The van der Waals surface area contributed by atoms with Gasteiger partial charge in [0.1, 0.15) is 6.04 Å². The summed E-state index contributed by atoms with van der Waals surface area (Å²) in [5.74, 6) is 0.290. The SMILES string of the molecule is CCCC(=O)N[C@@H](CCSCC(=O)NCCN(C)C)C(=O)OC. The molecular weight excluding hydrogens is 318 g/mol. The van der Waals surface area contributed by atoms with Gasteiger partial charge >= 0.3 is 5.97 Å². The Morgan fingerprint density at radius 3 is 2.48 bits per heavy atom. The van der Waals surface area contributed by atoms with E-state index in [1.807, 2.05) is 25.9 Å². The Bertz CT molecular complexity index is 378. The molecule has 0 saturated carbocycles. The third-order valence-corrected chi connectivity index (χ3v) is 3.95. The number of nitrogens with one attached hydrogen (secondary N) is 2. The monoisotopic (exact) mass is 347 g/mol. The molecule has 0 radical (unpaired) electrons. The van der Waals surface area contributed by atoms with Crippen molar-refractivity contribution in [2.45, 2.75) is 32.2 Å². The molecule has 0 aliphatic carbocycles. The molecule has 23 heavy (non-hydrogen) atoms. The summed E-state index contributed by atoms with van der Waals surface area (Å²) in [7, 11) is 5.19. The molecule has 0 aromatic carbocycles. The molecule has 0 spiro atoms. The number of carbonyl (C=O) groups excluding carboxylic acids is 3. The largest absolute Gasteiger partial charge is 0.467 e. The van der Waals surface area contributed by atoms with Crippen LogP contribution in [-0.2, 0) is 19.1 Å². The summed E-state index contributed by atoms with van der Waals surface area (Å²) in [5.41, 5.74) is 0. The van der Waals surface area contributed by atoms with Gasteiger partial charge in [0.25, 0.3) is 0 Å². The highest BCUT2D eigenvalue weighted by molar-refractivity contribution is 7.99. The second kappa shape index (κ2) is 13.2. The fourth-order valence-electron chi connectivity index (χ4n) is 1.72. The second-order valence-electron chi connectivity index (χ2n) is 5.39. The van der Waals surface area contributed by atoms with E-state index in [1.54, 1.807) is 0 Å². The lowest BCUT2D eigenvalue weighted by molar-refractivity contribution is -0.145. The number of hydrogen-bond acceptors (Lipinski definition) is 6. The number of hydrogen-bond donors (Lipinski definition) is 2. The molecule has 0 heterocycles. The highest BCUT2D eigenvalue weighted by Gasteiger charge is 2.20. The molecule has 0 aromatic rings. The van der Waals surface area contributed by atoms with Crippen LogP contribution in [0.1, 0.15) is 26.2 Å². The van der Waals surface area contributed by atoms with Crippen molar-refractivity contribution in [3.63, 3.8) is 0 Å². The summed E-state index contributed by atoms with van der Waals surface area (Å²) < 4.78 is 4.70. The van der Waals surface area contributed by atoms with Crippen LogP contribution in [0.25, 0.3) is 0 Å². The molecule has 7 nitrogen and oxygen atoms in total. The standard InChI is InChI=1S/C15H29N3O4S/c1-5-6-13(19)17-12(15(21)22-4)7-10-23-11-14(20)16-8-9-18(2)3/h12H,5-11H2,1-4H3,(H,16,20)(H,17,19)/t12-/m0/s1. The van der Waals surface area contributed by atoms with Gasteiger partial charge in [0.05, 0.1) is 12.9 Å². The molecule has 0 bridgehead atoms. The van der Waals surface area contributed by atoms with Crippen molar-refractivity contribution in [2.75, 3.05) is 45.8 Å². The summed E-state index contributed by atoms with van der Waals surface area (Å²) in [6.07, 6.45) is 1.55. The molecule has 8 heteroatoms. The van der Waals surface area contributed by atoms with Crippen LogP contribution in [0.3, 0.4) is 0 Å². The van der Waals surface area contributed by atoms with Crippen LogP contribution in [0.4, 0.5) is 0 Å². The van der Waals surface area contributed by atoms with Crippen molar-refractivity contribution >= 4 is 29.5 Å². The van der Waals surface area contributed by atoms with Gasteiger partial charge in [-0.2, -0.15) is 11.8 Å². The number of nitrogens with zero attached hydrogens (tertiary/aromatic N) is 1. The maximum absolute atomic E-state index is 11.7. The van der Waals surface area contributed by atoms with E-state index in [9.17, 15) is 14.4 Å². The molecule has 0 aliphatic rings. The van der Waals surface area contributed by atoms with Crippen molar-refractivity contribution < 1.29 is 19.1 Å². The van der Waals surface area contributed by atoms with Crippen LogP contribution >= 0.6 is 11.8 Å². The average molecular weight is 347 g/mol. The first kappa shape index (κ1) is 21.7. The van der Waals surface area contributed by atoms with E-state index >= 15 is 0 Å². The smallest absolute Gasteiger partial charge is 0.328 e. The summed E-state index contributed by atoms with van der Waals surface area (Å²) >= 11 is 1.43. The van der Waals surface area contributed by atoms with E-state index in [-0.39, 0.29) is 11.8 Å². The first-order valence-electron chi connectivity index (χ1n) is 7.77. The Balaban J connectivity index is 4.00. The maximum Gasteiger partial charge on any atom is 0.328 e. The highest BCUT2D eigenvalue weighted by atomic mass is 32.2. The van der Waals surface area contributed by atoms with Crippen molar-refractivity contribution in [1.82, 2.24) is 15.5 Å². The second-order valence-corrected chi connectivity index (χ2v) is 6.49. The molecule has 2 N–H and O–H groups in total. The van der Waals surface area contributed by atoms with E-state index in [1.165, 1.54) is 18.9 Å². The zero-order chi connectivity index (χ0) is 17.7. The predicted octanol–water partition coefficient (Wildman–Crippen LogP) is 0.245. The summed E-state index contributed by atoms with van der Waals surface area (Å²) in [5, 5.41) is 5.49. The van der Waals surface area contributed by atoms with E-state index < -0.39 is 12.0 Å². The van der Waals surface area contributed by atoms with Crippen LogP contribution < -0.4 is 10.6 Å². The average Bonchev–Trinajstić information content (AvgIpc) is 2.49. The number of likely N-dealkylation sites (N-methyl/N-ethyl adjacent to an activating group) is 1. The fraction of sp³-hybridized carbons (Fsp3) is 0.800. The molecular formula is C15H29N3O4S. The van der Waals surface area contributed by atoms with E-state index in [2.05, 4.69) is 10.6 Å². The number of methoxy groups -OCH3 is 1. The summed E-state index contributed by atoms with van der Waals surface area (Å²) in [4.78, 5) is 36.9. The Morgan fingerprint density at radius 2 is 1.91 bits per heavy atom. The van der Waals surface area contributed by atoms with E-state index in [4.69, 9.17) is 4.74 Å². The molecule has 0 aromatic heterocycles. The first-order chi connectivity index (χ1) is 10.9. The van der Waals surface area contributed by atoms with Crippen LogP contribution in [-0.4, -0.2) is 74.5 Å². The lowest BCUT2D eigenvalue weighted by atomic mass is 10.2. The van der Waals surface area contributed by atoms with E-state index in [0.29, 0.717) is 30.9 Å². The molecule has 1 atom stereocenters. The van der Waals surface area contributed by atoms with Crippen molar-refractivity contribution in [2.24, 2.45) is 0 Å². The molecule has 0 saturated heterocycles. The lowest BCUT2D eigenvalue weighted by Gasteiger charge is -2.16. The van der Waals surface area contributed by atoms with Crippen molar-refractivity contribution in [3.05, 3.63) is 0 Å². The number of amides is 2. The minimum Gasteiger partial charge on any atom is -0.467 e. The van der Waals surface area contributed by atoms with Gasteiger partial charge in [0.15, 0.2) is 0 Å². The zero-order valence-electron chi connectivity index (χ0n) is 14.5. The first-order valence-corrected chi connectivity index (χ1v) is 8.92. The minimum atomic E-state index is -0.650. The molecule has 0 rings (SSSR count). The maximum atomic E-state index is 11.7. The molecule has 2 amide bonds. The Hall–Kier alpha value is -1.28. The van der Waals surface area contributed by atoms with Gasteiger partial charge in [-0.25, -0.2) is 4.79 Å². The number of rotatable bonds is 12. The number of carbonyl (C=O) groups is 3. The van der Waals surface area contributed by atoms with Gasteiger partial charge < -0.3 is 20.3 Å². The van der Waals surface area contributed by atoms with Gasteiger partial charge in [-0.1, -0.05) is 6.92 Å². The number of thioether (sulfide) groups is 1. The molecule has 134 valence electrons. The van der Waals surface area contributed by atoms with Crippen LogP contribution in [0.15, 0.2) is 0 Å². The van der Waals surface area contributed by atoms with Gasteiger partial charge in [-0.15, -0.1) is 0 Å². The predicted molar refractivity (Wildman–Crippen MR) is 92.4 cm³/mol. The number of ether oxygens (including phenoxy) is 1. The normalized spacial score (nSPS) is 11.9. The third kappa shape index (κ3) is 11.9. The van der Waals surface area contributed by atoms with Crippen LogP contribution in [0.5, 0.6) is 0 Å². The van der Waals surface area contributed by atoms with Crippen LogP contribution in [0.2, 0.25) is 0 Å². The van der Waals surface area contributed by atoms with Crippen molar-refractivity contribution in [1.29, 1.82) is 0 Å². The van der Waals surface area contributed by atoms with Gasteiger partial charge in [0.2, 0.25) is 11.8 Å². The van der Waals surface area contributed by atoms with Gasteiger partial charge in [-0.05, 0) is 32.7 Å². The third-order valence-electron chi connectivity index (χ3n) is 2.96. The van der Waals surface area contributed by atoms with Gasteiger partial charge in [-0.3, -0.25) is 9.59 Å².